The summed E-state index contributed by atoms with van der Waals surface area (Å²) in [6.45, 7) is 6.70. The van der Waals surface area contributed by atoms with E-state index in [1.165, 1.54) is 0 Å². The molecule has 1 aliphatic heterocycles. The van der Waals surface area contributed by atoms with Crippen molar-refractivity contribution in [2.45, 2.75) is 32.5 Å². The Balaban J connectivity index is 2.48. The number of hydrogen-bond acceptors (Lipinski definition) is 2. The van der Waals surface area contributed by atoms with Gasteiger partial charge in [-0.2, -0.15) is 13.2 Å². The van der Waals surface area contributed by atoms with Crippen molar-refractivity contribution in [2.24, 2.45) is 5.92 Å². The second-order valence-electron chi connectivity index (χ2n) is 5.85. The van der Waals surface area contributed by atoms with E-state index in [0.717, 1.165) is 37.7 Å². The molecule has 2 rings (SSSR count). The molecule has 2 atom stereocenters. The van der Waals surface area contributed by atoms with Crippen molar-refractivity contribution in [3.8, 4) is 0 Å². The van der Waals surface area contributed by atoms with Crippen LogP contribution in [0.25, 0.3) is 0 Å². The molecule has 0 saturated carbocycles. The van der Waals surface area contributed by atoms with Gasteiger partial charge in [-0.1, -0.05) is 20.3 Å². The van der Waals surface area contributed by atoms with Gasteiger partial charge in [0.25, 0.3) is 0 Å². The molecule has 0 bridgehead atoms. The van der Waals surface area contributed by atoms with Crippen molar-refractivity contribution < 1.29 is 17.6 Å². The zero-order valence-electron chi connectivity index (χ0n) is 12.9. The summed E-state index contributed by atoms with van der Waals surface area (Å²) in [7, 11) is 0. The first kappa shape index (κ1) is 17.2. The van der Waals surface area contributed by atoms with Crippen LogP contribution in [0.5, 0.6) is 0 Å². The zero-order chi connectivity index (χ0) is 16.3. The van der Waals surface area contributed by atoms with Gasteiger partial charge in [-0.05, 0) is 29.7 Å². The number of nitrogens with zero attached hydrogens (tertiary/aromatic N) is 1. The molecule has 22 heavy (non-hydrogen) atoms. The highest BCUT2D eigenvalue weighted by Crippen LogP contribution is 2.40. The highest BCUT2D eigenvalue weighted by molar-refractivity contribution is 5.33. The van der Waals surface area contributed by atoms with Crippen LogP contribution in [0.4, 0.5) is 17.6 Å². The fourth-order valence-electron chi connectivity index (χ4n) is 3.08. The molecule has 1 aromatic rings. The maximum Gasteiger partial charge on any atom is 0.416 e. The van der Waals surface area contributed by atoms with E-state index in [4.69, 9.17) is 0 Å². The second-order valence-corrected chi connectivity index (χ2v) is 5.85. The fraction of sp³-hybridized carbons (Fsp3) is 0.625. The van der Waals surface area contributed by atoms with Crippen molar-refractivity contribution >= 4 is 0 Å². The van der Waals surface area contributed by atoms with Gasteiger partial charge in [-0.15, -0.1) is 0 Å². The van der Waals surface area contributed by atoms with E-state index in [0.29, 0.717) is 13.1 Å². The molecule has 0 aromatic heterocycles. The van der Waals surface area contributed by atoms with Gasteiger partial charge in [0.05, 0.1) is 5.56 Å². The minimum Gasteiger partial charge on any atom is -0.314 e. The molecule has 1 N–H and O–H groups in total. The first-order valence-electron chi connectivity index (χ1n) is 7.66. The third-order valence-corrected chi connectivity index (χ3v) is 4.37. The molecule has 0 spiro atoms. The zero-order valence-corrected chi connectivity index (χ0v) is 12.9. The molecule has 0 radical (unpaired) electrons. The van der Waals surface area contributed by atoms with E-state index in [1.54, 1.807) is 0 Å². The van der Waals surface area contributed by atoms with Gasteiger partial charge in [0.15, 0.2) is 0 Å². The SMILES string of the molecule is CCC(C)[C@H](c1cc(F)ccc1C(F)(F)F)N1CCNCC1. The minimum absolute atomic E-state index is 0.0148. The van der Waals surface area contributed by atoms with Gasteiger partial charge < -0.3 is 5.32 Å². The van der Waals surface area contributed by atoms with Crippen LogP contribution in [0, 0.1) is 11.7 Å². The van der Waals surface area contributed by atoms with Gasteiger partial charge in [0.1, 0.15) is 5.82 Å². The van der Waals surface area contributed by atoms with Gasteiger partial charge in [0, 0.05) is 32.2 Å². The number of nitrogens with one attached hydrogen (secondary N) is 1. The number of rotatable bonds is 4. The van der Waals surface area contributed by atoms with E-state index < -0.39 is 23.6 Å². The van der Waals surface area contributed by atoms with Crippen LogP contribution < -0.4 is 5.32 Å². The Morgan fingerprint density at radius 2 is 1.86 bits per heavy atom. The molecule has 1 heterocycles. The van der Waals surface area contributed by atoms with Crippen molar-refractivity contribution in [3.63, 3.8) is 0 Å². The molecule has 124 valence electrons. The summed E-state index contributed by atoms with van der Waals surface area (Å²) in [6, 6.07) is 2.39. The topological polar surface area (TPSA) is 15.3 Å². The molecule has 0 aliphatic carbocycles. The summed E-state index contributed by atoms with van der Waals surface area (Å²) in [5, 5.41) is 3.20. The van der Waals surface area contributed by atoms with Gasteiger partial charge in [-0.25, -0.2) is 4.39 Å². The Kier molecular flexibility index (Phi) is 5.45. The molecule has 1 aromatic carbocycles. The maximum absolute atomic E-state index is 13.6. The van der Waals surface area contributed by atoms with E-state index in [9.17, 15) is 17.6 Å². The van der Waals surface area contributed by atoms with Crippen molar-refractivity contribution in [1.29, 1.82) is 0 Å². The molecule has 0 amide bonds. The van der Waals surface area contributed by atoms with Crippen LogP contribution in [0.15, 0.2) is 18.2 Å². The third kappa shape index (κ3) is 3.79. The van der Waals surface area contributed by atoms with Crippen molar-refractivity contribution in [2.75, 3.05) is 26.2 Å². The highest BCUT2D eigenvalue weighted by atomic mass is 19.4. The number of alkyl halides is 3. The Morgan fingerprint density at radius 1 is 1.23 bits per heavy atom. The Labute approximate surface area is 128 Å². The lowest BCUT2D eigenvalue weighted by Gasteiger charge is -2.39. The first-order chi connectivity index (χ1) is 10.3. The summed E-state index contributed by atoms with van der Waals surface area (Å²) in [4.78, 5) is 2.04. The lowest BCUT2D eigenvalue weighted by Crippen LogP contribution is -2.47. The smallest absolute Gasteiger partial charge is 0.314 e. The van der Waals surface area contributed by atoms with Crippen LogP contribution >= 0.6 is 0 Å². The summed E-state index contributed by atoms with van der Waals surface area (Å²) in [5.41, 5.74) is -0.665. The number of hydrogen-bond donors (Lipinski definition) is 1. The molecule has 1 fully saturated rings. The molecule has 2 nitrogen and oxygen atoms in total. The van der Waals surface area contributed by atoms with Gasteiger partial charge >= 0.3 is 6.18 Å². The van der Waals surface area contributed by atoms with Crippen LogP contribution in [-0.2, 0) is 6.18 Å². The molecule has 6 heteroatoms. The predicted molar refractivity (Wildman–Crippen MR) is 78.0 cm³/mol. The van der Waals surface area contributed by atoms with Gasteiger partial charge in [0.2, 0.25) is 0 Å². The third-order valence-electron chi connectivity index (χ3n) is 4.37. The van der Waals surface area contributed by atoms with Gasteiger partial charge in [-0.3, -0.25) is 4.90 Å². The van der Waals surface area contributed by atoms with Crippen LogP contribution in [0.3, 0.4) is 0 Å². The average Bonchev–Trinajstić information content (AvgIpc) is 2.47. The van der Waals surface area contributed by atoms with Crippen LogP contribution in [0.1, 0.15) is 37.4 Å². The lowest BCUT2D eigenvalue weighted by atomic mass is 9.87. The minimum atomic E-state index is -4.47. The van der Waals surface area contributed by atoms with E-state index in [2.05, 4.69) is 5.32 Å². The maximum atomic E-state index is 13.6. The predicted octanol–water partition coefficient (Wildman–Crippen LogP) is 3.84. The Bertz CT molecular complexity index is 495. The van der Waals surface area contributed by atoms with E-state index >= 15 is 0 Å². The second kappa shape index (κ2) is 6.96. The standard InChI is InChI=1S/C16H22F4N2/c1-3-11(2)15(22-8-6-21-7-9-22)13-10-12(17)4-5-14(13)16(18,19)20/h4-5,10-11,15,21H,3,6-9H2,1-2H3/t11?,15-/m1/s1. The molecule has 1 saturated heterocycles. The van der Waals surface area contributed by atoms with Crippen molar-refractivity contribution in [1.82, 2.24) is 10.2 Å². The fourth-order valence-corrected chi connectivity index (χ4v) is 3.08. The Morgan fingerprint density at radius 3 is 2.41 bits per heavy atom. The number of benzene rings is 1. The number of halogens is 4. The number of piperazine rings is 1. The molecular weight excluding hydrogens is 296 g/mol. The van der Waals surface area contributed by atoms with E-state index in [-0.39, 0.29) is 11.5 Å². The average molecular weight is 318 g/mol. The summed E-state index contributed by atoms with van der Waals surface area (Å²) in [6.07, 6.45) is -3.73. The van der Waals surface area contributed by atoms with E-state index in [1.807, 2.05) is 18.7 Å². The van der Waals surface area contributed by atoms with Crippen LogP contribution in [0.2, 0.25) is 0 Å². The molecule has 1 aliphatic rings. The summed E-state index contributed by atoms with van der Waals surface area (Å²) >= 11 is 0. The van der Waals surface area contributed by atoms with Crippen LogP contribution in [-0.4, -0.2) is 31.1 Å². The Hall–Kier alpha value is -1.14. The first-order valence-corrected chi connectivity index (χ1v) is 7.66. The lowest BCUT2D eigenvalue weighted by molar-refractivity contribution is -0.139. The largest absolute Gasteiger partial charge is 0.416 e. The quantitative estimate of drug-likeness (QED) is 0.849. The summed E-state index contributed by atoms with van der Waals surface area (Å²) < 4.78 is 53.6. The molecular formula is C16H22F4N2. The molecule has 1 unspecified atom stereocenters. The van der Waals surface area contributed by atoms with Crippen molar-refractivity contribution in [3.05, 3.63) is 35.1 Å². The monoisotopic (exact) mass is 318 g/mol. The normalized spacial score (nSPS) is 19.9. The highest BCUT2D eigenvalue weighted by Gasteiger charge is 2.38. The summed E-state index contributed by atoms with van der Waals surface area (Å²) in [5.74, 6) is -0.604.